The lowest BCUT2D eigenvalue weighted by Crippen LogP contribution is -2.39. The highest BCUT2D eigenvalue weighted by molar-refractivity contribution is 9.10. The minimum Gasteiger partial charge on any atom is -0.493 e. The number of hydrogen-bond acceptors (Lipinski definition) is 5. The Bertz CT molecular complexity index is 1230. The number of anilines is 2. The summed E-state index contributed by atoms with van der Waals surface area (Å²) in [6.07, 6.45) is 0. The van der Waals surface area contributed by atoms with E-state index in [0.717, 1.165) is 15.6 Å². The largest absolute Gasteiger partial charge is 0.493 e. The average molecular weight is 508 g/mol. The number of methoxy groups -OCH3 is 2. The lowest BCUT2D eigenvalue weighted by molar-refractivity contribution is -0.120. The molecule has 0 radical (unpaired) electrons. The molecule has 0 unspecified atom stereocenters. The third-order valence-corrected chi connectivity index (χ3v) is 5.69. The van der Waals surface area contributed by atoms with E-state index < -0.39 is 0 Å². The first-order valence-corrected chi connectivity index (χ1v) is 11.0. The van der Waals surface area contributed by atoms with Crippen LogP contribution in [0.25, 0.3) is 0 Å². The van der Waals surface area contributed by atoms with Gasteiger partial charge in [-0.05, 0) is 30.3 Å². The van der Waals surface area contributed by atoms with Crippen molar-refractivity contribution in [1.82, 2.24) is 0 Å². The summed E-state index contributed by atoms with van der Waals surface area (Å²) in [6.45, 7) is -0.209. The fraction of sp³-hybridized carbons (Fsp3) is 0.160. The van der Waals surface area contributed by atoms with Crippen molar-refractivity contribution < 1.29 is 19.1 Å². The summed E-state index contributed by atoms with van der Waals surface area (Å²) in [5.41, 5.74) is 3.56. The van der Waals surface area contributed by atoms with Crippen LogP contribution in [0.15, 0.2) is 76.2 Å². The van der Waals surface area contributed by atoms with Crippen LogP contribution in [0, 0.1) is 0 Å². The Labute approximate surface area is 200 Å². The minimum absolute atomic E-state index is 0.0554. The smallest absolute Gasteiger partial charge is 0.249 e. The van der Waals surface area contributed by atoms with Crippen molar-refractivity contribution in [2.24, 2.45) is 4.99 Å². The quantitative estimate of drug-likeness (QED) is 0.539. The van der Waals surface area contributed by atoms with Crippen LogP contribution in [-0.4, -0.2) is 44.8 Å². The third kappa shape index (κ3) is 4.90. The zero-order valence-electron chi connectivity index (χ0n) is 18.2. The van der Waals surface area contributed by atoms with E-state index in [0.29, 0.717) is 28.6 Å². The Morgan fingerprint density at radius 2 is 1.79 bits per heavy atom. The summed E-state index contributed by atoms with van der Waals surface area (Å²) in [6, 6.07) is 20.4. The first-order chi connectivity index (χ1) is 16.0. The van der Waals surface area contributed by atoms with Gasteiger partial charge < -0.3 is 19.7 Å². The number of aliphatic imine (C=N–C) groups is 1. The maximum absolute atomic E-state index is 13.0. The first kappa shape index (κ1) is 22.5. The molecule has 0 aliphatic carbocycles. The van der Waals surface area contributed by atoms with Gasteiger partial charge in [0.05, 0.1) is 25.6 Å². The predicted octanol–water partition coefficient (Wildman–Crippen LogP) is 4.29. The van der Waals surface area contributed by atoms with Crippen LogP contribution >= 0.6 is 15.9 Å². The van der Waals surface area contributed by atoms with E-state index in [9.17, 15) is 9.59 Å². The molecule has 3 aromatic rings. The van der Waals surface area contributed by atoms with Gasteiger partial charge in [0.25, 0.3) is 0 Å². The number of nitrogens with zero attached hydrogens (tertiary/aromatic N) is 2. The van der Waals surface area contributed by atoms with Gasteiger partial charge in [-0.1, -0.05) is 46.3 Å². The summed E-state index contributed by atoms with van der Waals surface area (Å²) >= 11 is 3.51. The molecule has 1 aliphatic heterocycles. The summed E-state index contributed by atoms with van der Waals surface area (Å²) in [5, 5.41) is 2.83. The van der Waals surface area contributed by atoms with Crippen LogP contribution in [0.5, 0.6) is 11.5 Å². The topological polar surface area (TPSA) is 80.2 Å². The summed E-state index contributed by atoms with van der Waals surface area (Å²) in [7, 11) is 3.07. The van der Waals surface area contributed by atoms with E-state index in [4.69, 9.17) is 9.47 Å². The number of hydrogen-bond donors (Lipinski definition) is 1. The van der Waals surface area contributed by atoms with Gasteiger partial charge in [0.15, 0.2) is 11.5 Å². The number of rotatable bonds is 6. The van der Waals surface area contributed by atoms with Gasteiger partial charge in [-0.2, -0.15) is 0 Å². The molecule has 4 rings (SSSR count). The number of fused-ring (bicyclic) bond motifs is 1. The van der Waals surface area contributed by atoms with E-state index in [1.807, 2.05) is 48.5 Å². The van der Waals surface area contributed by atoms with Crippen LogP contribution in [0.2, 0.25) is 0 Å². The second-order valence-corrected chi connectivity index (χ2v) is 8.21. The van der Waals surface area contributed by atoms with Crippen LogP contribution in [0.3, 0.4) is 0 Å². The normalized spacial score (nSPS) is 13.0. The molecule has 1 N–H and O–H groups in total. The molecule has 0 atom stereocenters. The molecule has 2 amide bonds. The van der Waals surface area contributed by atoms with Gasteiger partial charge in [0.2, 0.25) is 11.8 Å². The van der Waals surface area contributed by atoms with Crippen molar-refractivity contribution >= 4 is 44.8 Å². The van der Waals surface area contributed by atoms with Gasteiger partial charge in [-0.3, -0.25) is 14.6 Å². The first-order valence-electron chi connectivity index (χ1n) is 10.2. The molecule has 1 heterocycles. The van der Waals surface area contributed by atoms with Crippen LogP contribution in [0.1, 0.15) is 11.1 Å². The highest BCUT2D eigenvalue weighted by Crippen LogP contribution is 2.31. The van der Waals surface area contributed by atoms with Crippen LogP contribution < -0.4 is 19.7 Å². The standard InChI is InChI=1S/C25H22BrN3O4/c1-32-21-11-9-18(13-22(21)33-2)28-23(30)15-29-20-10-8-17(26)12-19(20)25(27-14-24(29)31)16-6-4-3-5-7-16/h3-13H,14-15H2,1-2H3,(H,28,30). The fourth-order valence-electron chi connectivity index (χ4n) is 3.66. The molecular formula is C25H22BrN3O4. The Kier molecular flexibility index (Phi) is 6.74. The van der Waals surface area contributed by atoms with Crippen molar-refractivity contribution in [3.05, 3.63) is 82.3 Å². The molecule has 3 aromatic carbocycles. The van der Waals surface area contributed by atoms with E-state index in [1.165, 1.54) is 12.0 Å². The minimum atomic E-state index is -0.340. The number of carbonyl (C=O) groups excluding carboxylic acids is 2. The Hall–Kier alpha value is -3.65. The zero-order chi connectivity index (χ0) is 23.4. The second kappa shape index (κ2) is 9.87. The molecule has 33 heavy (non-hydrogen) atoms. The molecule has 7 nitrogen and oxygen atoms in total. The lowest BCUT2D eigenvalue weighted by atomic mass is 10.0. The number of carbonyl (C=O) groups is 2. The molecule has 0 spiro atoms. The number of ether oxygens (including phenoxy) is 2. The zero-order valence-corrected chi connectivity index (χ0v) is 19.8. The van der Waals surface area contributed by atoms with Crippen LogP contribution in [0.4, 0.5) is 11.4 Å². The highest BCUT2D eigenvalue weighted by Gasteiger charge is 2.27. The average Bonchev–Trinajstić information content (AvgIpc) is 2.95. The number of halogens is 1. The van der Waals surface area contributed by atoms with Crippen molar-refractivity contribution in [2.75, 3.05) is 37.5 Å². The van der Waals surface area contributed by atoms with Crippen molar-refractivity contribution in [3.63, 3.8) is 0 Å². The number of benzodiazepines with no additional fused rings is 1. The monoisotopic (exact) mass is 507 g/mol. The highest BCUT2D eigenvalue weighted by atomic mass is 79.9. The fourth-order valence-corrected chi connectivity index (χ4v) is 4.02. The molecule has 1 aliphatic rings. The maximum Gasteiger partial charge on any atom is 0.249 e. The van der Waals surface area contributed by atoms with E-state index in [1.54, 1.807) is 25.3 Å². The van der Waals surface area contributed by atoms with E-state index >= 15 is 0 Å². The van der Waals surface area contributed by atoms with Gasteiger partial charge in [0.1, 0.15) is 13.1 Å². The van der Waals surface area contributed by atoms with Gasteiger partial charge in [0, 0.05) is 27.4 Å². The number of nitrogens with one attached hydrogen (secondary N) is 1. The summed E-state index contributed by atoms with van der Waals surface area (Å²) in [5.74, 6) is 0.458. The SMILES string of the molecule is COc1ccc(NC(=O)CN2C(=O)CN=C(c3ccccc3)c3cc(Br)ccc32)cc1OC. The molecule has 0 saturated carbocycles. The molecule has 168 valence electrons. The molecule has 0 saturated heterocycles. The van der Waals surface area contributed by atoms with Crippen LogP contribution in [-0.2, 0) is 9.59 Å². The number of amides is 2. The molecular weight excluding hydrogens is 486 g/mol. The van der Waals surface area contributed by atoms with Gasteiger partial charge in [-0.15, -0.1) is 0 Å². The number of benzene rings is 3. The molecule has 0 fully saturated rings. The third-order valence-electron chi connectivity index (χ3n) is 5.19. The van der Waals surface area contributed by atoms with E-state index in [-0.39, 0.29) is 24.9 Å². The Morgan fingerprint density at radius 3 is 2.52 bits per heavy atom. The van der Waals surface area contributed by atoms with Crippen molar-refractivity contribution in [2.45, 2.75) is 0 Å². The van der Waals surface area contributed by atoms with E-state index in [2.05, 4.69) is 26.2 Å². The van der Waals surface area contributed by atoms with Gasteiger partial charge in [-0.25, -0.2) is 0 Å². The molecule has 8 heteroatoms. The lowest BCUT2D eigenvalue weighted by Gasteiger charge is -2.23. The summed E-state index contributed by atoms with van der Waals surface area (Å²) in [4.78, 5) is 32.0. The predicted molar refractivity (Wildman–Crippen MR) is 132 cm³/mol. The Morgan fingerprint density at radius 1 is 1.03 bits per heavy atom. The molecule has 0 aromatic heterocycles. The van der Waals surface area contributed by atoms with Crippen molar-refractivity contribution in [1.29, 1.82) is 0 Å². The second-order valence-electron chi connectivity index (χ2n) is 7.29. The maximum atomic E-state index is 13.0. The molecule has 0 bridgehead atoms. The van der Waals surface area contributed by atoms with Crippen molar-refractivity contribution in [3.8, 4) is 11.5 Å². The Balaban J connectivity index is 1.62. The summed E-state index contributed by atoms with van der Waals surface area (Å²) < 4.78 is 11.4. The van der Waals surface area contributed by atoms with Gasteiger partial charge >= 0.3 is 0 Å².